The minimum atomic E-state index is -4.91. The number of hydrazine groups is 1. The Morgan fingerprint density at radius 3 is 2.22 bits per heavy atom. The first-order valence-electron chi connectivity index (χ1n) is 10.5. The summed E-state index contributed by atoms with van der Waals surface area (Å²) in [6, 6.07) is 7.21. The minimum absolute atomic E-state index is 0.00307. The number of amides is 1. The fourth-order valence-corrected chi connectivity index (χ4v) is 5.25. The maximum absolute atomic E-state index is 15.7. The Morgan fingerprint density at radius 2 is 1.76 bits per heavy atom. The van der Waals surface area contributed by atoms with Crippen LogP contribution in [0.3, 0.4) is 0 Å². The van der Waals surface area contributed by atoms with Crippen LogP contribution in [0.1, 0.15) is 29.1 Å². The number of anilines is 1. The van der Waals surface area contributed by atoms with Gasteiger partial charge in [0.1, 0.15) is 23.0 Å². The molecule has 0 aliphatic rings. The number of benzene rings is 1. The summed E-state index contributed by atoms with van der Waals surface area (Å²) < 4.78 is 59.8. The number of carbonyl (C=O) groups is 1. The number of aromatic nitrogens is 2. The first kappa shape index (κ1) is 27.9. The third-order valence-electron chi connectivity index (χ3n) is 4.95. The first-order chi connectivity index (χ1) is 17.3. The zero-order valence-corrected chi connectivity index (χ0v) is 22.6. The van der Waals surface area contributed by atoms with E-state index in [1.54, 1.807) is 6.92 Å². The van der Waals surface area contributed by atoms with E-state index in [0.717, 1.165) is 6.92 Å². The molecule has 0 saturated heterocycles. The van der Waals surface area contributed by atoms with Crippen LogP contribution in [0.15, 0.2) is 51.6 Å². The average molecular weight is 599 g/mol. The van der Waals surface area contributed by atoms with Gasteiger partial charge in [0.05, 0.1) is 18.7 Å². The van der Waals surface area contributed by atoms with Crippen LogP contribution in [0.4, 0.5) is 10.1 Å². The number of para-hydroxylation sites is 1. The Kier molecular flexibility index (Phi) is 8.07. The molecule has 0 radical (unpaired) electrons. The molecule has 2 aromatic heterocycles. The van der Waals surface area contributed by atoms with Crippen LogP contribution < -0.4 is 20.2 Å². The lowest BCUT2D eigenvalue weighted by Crippen LogP contribution is -2.57. The maximum atomic E-state index is 15.7. The molecule has 0 unspecified atom stereocenters. The number of hydrogen-bond acceptors (Lipinski definition) is 9. The minimum Gasteiger partial charge on any atom is -0.494 e. The summed E-state index contributed by atoms with van der Waals surface area (Å²) >= 11 is 3.13. The van der Waals surface area contributed by atoms with Crippen LogP contribution >= 0.6 is 15.9 Å². The average Bonchev–Trinajstić information content (AvgIpc) is 3.27. The van der Waals surface area contributed by atoms with Gasteiger partial charge in [-0.05, 0) is 54.0 Å². The van der Waals surface area contributed by atoms with Crippen molar-refractivity contribution >= 4 is 43.5 Å². The zero-order valence-electron chi connectivity index (χ0n) is 20.2. The predicted molar refractivity (Wildman–Crippen MR) is 136 cm³/mol. The zero-order chi connectivity index (χ0) is 27.5. The van der Waals surface area contributed by atoms with Crippen molar-refractivity contribution in [1.82, 2.24) is 14.4 Å². The summed E-state index contributed by atoms with van der Waals surface area (Å²) in [5, 5.41) is 8.64. The molecule has 3 aromatic rings. The van der Waals surface area contributed by atoms with Crippen molar-refractivity contribution in [3.05, 3.63) is 64.5 Å². The number of halogens is 2. The molecule has 0 fully saturated rings. The molecule has 15 heteroatoms. The van der Waals surface area contributed by atoms with Crippen LogP contribution in [0.2, 0.25) is 0 Å². The lowest BCUT2D eigenvalue weighted by atomic mass is 10.1. The van der Waals surface area contributed by atoms with Crippen molar-refractivity contribution in [2.45, 2.75) is 19.5 Å². The van der Waals surface area contributed by atoms with Gasteiger partial charge in [-0.25, -0.2) is 22.8 Å². The summed E-state index contributed by atoms with van der Waals surface area (Å²) in [6.45, 7) is 2.54. The third kappa shape index (κ3) is 5.83. The van der Waals surface area contributed by atoms with Gasteiger partial charge in [-0.2, -0.15) is 5.01 Å². The molecule has 1 amide bonds. The fourth-order valence-electron chi connectivity index (χ4n) is 3.40. The molecule has 198 valence electrons. The number of nitrogens with one attached hydrogen (secondary N) is 1. The van der Waals surface area contributed by atoms with Gasteiger partial charge in [-0.1, -0.05) is 6.07 Å². The number of methoxy groups -OCH3 is 2. The van der Waals surface area contributed by atoms with Gasteiger partial charge < -0.3 is 19.6 Å². The van der Waals surface area contributed by atoms with Crippen molar-refractivity contribution in [3.8, 4) is 11.5 Å². The number of nitrogens with zero attached hydrogens (tertiary/aromatic N) is 4. The van der Waals surface area contributed by atoms with E-state index in [1.807, 2.05) is 0 Å². The molecule has 2 heterocycles. The highest BCUT2D eigenvalue weighted by atomic mass is 79.9. The Hall–Kier alpha value is -3.72. The van der Waals surface area contributed by atoms with Gasteiger partial charge in [0.2, 0.25) is 5.96 Å². The topological polar surface area (TPSA) is 165 Å². The molecular formula is C22H24BrFN6O6S. The predicted octanol–water partition coefficient (Wildman–Crippen LogP) is 3.13. The molecule has 1 atom stereocenters. The summed E-state index contributed by atoms with van der Waals surface area (Å²) in [6.07, 6.45) is 2.51. The first-order valence-corrected chi connectivity index (χ1v) is 12.9. The van der Waals surface area contributed by atoms with E-state index in [0.29, 0.717) is 15.2 Å². The SMILES string of the molecule is COc1cccc(OC)c1N(C(=O)c1ccc(C)o1)N(C(=N)N)S(=O)(=O)C[C@](C)(F)c1ncc(Br)cn1. The van der Waals surface area contributed by atoms with E-state index in [-0.39, 0.29) is 27.4 Å². The Balaban J connectivity index is 2.22. The highest BCUT2D eigenvalue weighted by molar-refractivity contribution is 9.10. The van der Waals surface area contributed by atoms with Crippen molar-refractivity contribution < 1.29 is 31.5 Å². The molecule has 0 bridgehead atoms. The van der Waals surface area contributed by atoms with Gasteiger partial charge in [-0.15, -0.1) is 4.41 Å². The smallest absolute Gasteiger partial charge is 0.314 e. The molecule has 0 aliphatic heterocycles. The second-order valence-corrected chi connectivity index (χ2v) is 10.6. The largest absolute Gasteiger partial charge is 0.494 e. The van der Waals surface area contributed by atoms with Gasteiger partial charge >= 0.3 is 5.91 Å². The van der Waals surface area contributed by atoms with Crippen LogP contribution in [-0.4, -0.2) is 54.6 Å². The van der Waals surface area contributed by atoms with Gasteiger partial charge in [0.25, 0.3) is 10.0 Å². The number of furan rings is 1. The molecule has 3 rings (SSSR count). The molecule has 0 saturated carbocycles. The van der Waals surface area contributed by atoms with E-state index in [9.17, 15) is 13.2 Å². The molecule has 0 aliphatic carbocycles. The van der Waals surface area contributed by atoms with Crippen molar-refractivity contribution in [1.29, 1.82) is 5.41 Å². The molecule has 0 spiro atoms. The van der Waals surface area contributed by atoms with Crippen LogP contribution in [0.5, 0.6) is 11.5 Å². The van der Waals surface area contributed by atoms with Crippen LogP contribution in [0.25, 0.3) is 0 Å². The Morgan fingerprint density at radius 1 is 1.19 bits per heavy atom. The fraction of sp³-hybridized carbons (Fsp3) is 0.273. The molecule has 37 heavy (non-hydrogen) atoms. The second kappa shape index (κ2) is 10.7. The van der Waals surface area contributed by atoms with Crippen molar-refractivity contribution in [2.24, 2.45) is 5.73 Å². The third-order valence-corrected chi connectivity index (χ3v) is 7.15. The van der Waals surface area contributed by atoms with Crippen molar-refractivity contribution in [3.63, 3.8) is 0 Å². The van der Waals surface area contributed by atoms with Crippen LogP contribution in [0, 0.1) is 12.3 Å². The highest BCUT2D eigenvalue weighted by Crippen LogP contribution is 2.40. The Bertz CT molecular complexity index is 1390. The molecule has 3 N–H and O–H groups in total. The number of carbonyl (C=O) groups excluding carboxylic acids is 1. The van der Waals surface area contributed by atoms with Crippen molar-refractivity contribution in [2.75, 3.05) is 25.0 Å². The van der Waals surface area contributed by atoms with Gasteiger partial charge in [-0.3, -0.25) is 10.2 Å². The number of alkyl halides is 1. The van der Waals surface area contributed by atoms with E-state index in [4.69, 9.17) is 25.0 Å². The van der Waals surface area contributed by atoms with E-state index < -0.39 is 39.1 Å². The lowest BCUT2D eigenvalue weighted by Gasteiger charge is -2.35. The number of sulfonamides is 1. The second-order valence-electron chi connectivity index (χ2n) is 7.85. The van der Waals surface area contributed by atoms with E-state index in [2.05, 4.69) is 25.9 Å². The lowest BCUT2D eigenvalue weighted by molar-refractivity contribution is 0.0928. The number of hydrogen-bond donors (Lipinski definition) is 2. The molecule has 1 aromatic carbocycles. The summed E-state index contributed by atoms with van der Waals surface area (Å²) in [5.74, 6) is -3.81. The summed E-state index contributed by atoms with van der Waals surface area (Å²) in [5.41, 5.74) is 2.84. The number of ether oxygens (including phenoxy) is 2. The van der Waals surface area contributed by atoms with Crippen LogP contribution in [-0.2, 0) is 15.7 Å². The molecule has 12 nitrogen and oxygen atoms in total. The highest BCUT2D eigenvalue weighted by Gasteiger charge is 2.44. The van der Waals surface area contributed by atoms with E-state index >= 15 is 4.39 Å². The summed E-state index contributed by atoms with van der Waals surface area (Å²) in [7, 11) is -2.34. The molecular weight excluding hydrogens is 575 g/mol. The number of rotatable bonds is 8. The summed E-state index contributed by atoms with van der Waals surface area (Å²) in [4.78, 5) is 21.4. The van der Waals surface area contributed by atoms with Gasteiger partial charge in [0, 0.05) is 12.4 Å². The number of guanidine groups is 1. The maximum Gasteiger partial charge on any atom is 0.314 e. The monoisotopic (exact) mass is 598 g/mol. The number of aryl methyl sites for hydroxylation is 1. The normalized spacial score (nSPS) is 12.9. The standard InChI is InChI=1S/C22H24BrFN6O6S/c1-13-8-9-17(36-13)19(31)29(18-15(34-3)6-5-7-16(18)35-4)30(21(25)26)37(32,33)12-22(2,24)20-27-10-14(23)11-28-20/h5-11H,12H2,1-4H3,(H3,25,26)/t22-/m0/s1. The Labute approximate surface area is 220 Å². The van der Waals surface area contributed by atoms with E-state index in [1.165, 1.54) is 56.9 Å². The van der Waals surface area contributed by atoms with Gasteiger partial charge in [0.15, 0.2) is 22.9 Å². The quantitative estimate of drug-likeness (QED) is 0.225. The number of nitrogens with two attached hydrogens (primary N) is 1.